The van der Waals surface area contributed by atoms with E-state index in [9.17, 15) is 4.79 Å². The number of hydrogen-bond donors (Lipinski definition) is 0. The van der Waals surface area contributed by atoms with Gasteiger partial charge in [0.15, 0.2) is 11.5 Å². The molecule has 4 heteroatoms. The predicted molar refractivity (Wildman–Crippen MR) is 59.3 cm³/mol. The number of ether oxygens (including phenoxy) is 3. The van der Waals surface area contributed by atoms with Crippen molar-refractivity contribution >= 4 is 6.29 Å². The summed E-state index contributed by atoms with van der Waals surface area (Å²) in [4.78, 5) is 10.7. The monoisotopic (exact) mass is 220 g/mol. The van der Waals surface area contributed by atoms with Gasteiger partial charge in [-0.3, -0.25) is 4.79 Å². The lowest BCUT2D eigenvalue weighted by atomic mass is 10.2. The standard InChI is InChI=1S/C12H12O4/c1-4-5-16-11-7-9(8-13)6-10(14-2)12(11)15-3/h1,6-8H,5H2,2-3H3. The Balaban J connectivity index is 3.20. The summed E-state index contributed by atoms with van der Waals surface area (Å²) in [5.41, 5.74) is 0.435. The highest BCUT2D eigenvalue weighted by molar-refractivity contribution is 5.78. The average molecular weight is 220 g/mol. The van der Waals surface area contributed by atoms with Crippen LogP contribution in [0.1, 0.15) is 10.4 Å². The number of benzene rings is 1. The Kier molecular flexibility index (Phi) is 4.22. The number of carbonyl (C=O) groups is 1. The summed E-state index contributed by atoms with van der Waals surface area (Å²) >= 11 is 0. The first kappa shape index (κ1) is 11.9. The first-order chi connectivity index (χ1) is 7.76. The number of carbonyl (C=O) groups excluding carboxylic acids is 1. The molecule has 1 rings (SSSR count). The minimum Gasteiger partial charge on any atom is -0.493 e. The summed E-state index contributed by atoms with van der Waals surface area (Å²) in [6, 6.07) is 3.11. The lowest BCUT2D eigenvalue weighted by Crippen LogP contribution is -2.00. The van der Waals surface area contributed by atoms with E-state index in [1.54, 1.807) is 12.1 Å². The topological polar surface area (TPSA) is 44.8 Å². The molecule has 0 aromatic heterocycles. The molecule has 0 amide bonds. The third-order valence-corrected chi connectivity index (χ3v) is 1.91. The molecule has 1 aromatic carbocycles. The molecule has 0 aliphatic carbocycles. The van der Waals surface area contributed by atoms with Gasteiger partial charge in [-0.1, -0.05) is 5.92 Å². The molecule has 84 valence electrons. The summed E-state index contributed by atoms with van der Waals surface area (Å²) in [6.07, 6.45) is 5.79. The van der Waals surface area contributed by atoms with Crippen LogP contribution < -0.4 is 14.2 Å². The highest BCUT2D eigenvalue weighted by Crippen LogP contribution is 2.37. The van der Waals surface area contributed by atoms with E-state index in [0.29, 0.717) is 29.1 Å². The van der Waals surface area contributed by atoms with Gasteiger partial charge in [0.25, 0.3) is 0 Å². The quantitative estimate of drug-likeness (QED) is 0.557. The Hall–Kier alpha value is -2.15. The van der Waals surface area contributed by atoms with Crippen molar-refractivity contribution in [1.29, 1.82) is 0 Å². The Labute approximate surface area is 94.1 Å². The van der Waals surface area contributed by atoms with Crippen LogP contribution in [0.25, 0.3) is 0 Å². The second kappa shape index (κ2) is 5.66. The smallest absolute Gasteiger partial charge is 0.203 e. The van der Waals surface area contributed by atoms with Gasteiger partial charge < -0.3 is 14.2 Å². The number of aldehydes is 1. The maximum Gasteiger partial charge on any atom is 0.203 e. The molecular weight excluding hydrogens is 208 g/mol. The maximum absolute atomic E-state index is 10.7. The molecule has 0 atom stereocenters. The molecule has 0 N–H and O–H groups in total. The summed E-state index contributed by atoms with van der Waals surface area (Å²) in [6.45, 7) is 0.0990. The first-order valence-electron chi connectivity index (χ1n) is 4.54. The summed E-state index contributed by atoms with van der Waals surface area (Å²) in [7, 11) is 2.97. The molecule has 0 spiro atoms. The molecule has 0 fully saturated rings. The number of terminal acetylenes is 1. The summed E-state index contributed by atoms with van der Waals surface area (Å²) < 4.78 is 15.5. The van der Waals surface area contributed by atoms with Gasteiger partial charge in [-0.25, -0.2) is 0 Å². The molecule has 0 heterocycles. The van der Waals surface area contributed by atoms with Crippen LogP contribution in [0.2, 0.25) is 0 Å². The second-order valence-electron chi connectivity index (χ2n) is 2.87. The summed E-state index contributed by atoms with van der Waals surface area (Å²) in [5.74, 6) is 3.58. The highest BCUT2D eigenvalue weighted by atomic mass is 16.5. The van der Waals surface area contributed by atoms with Crippen LogP contribution in [0.5, 0.6) is 17.2 Å². The minimum absolute atomic E-state index is 0.0990. The van der Waals surface area contributed by atoms with E-state index in [0.717, 1.165) is 0 Å². The largest absolute Gasteiger partial charge is 0.493 e. The number of methoxy groups -OCH3 is 2. The molecule has 0 radical (unpaired) electrons. The summed E-state index contributed by atoms with van der Waals surface area (Å²) in [5, 5.41) is 0. The van der Waals surface area contributed by atoms with Crippen LogP contribution in [-0.4, -0.2) is 27.1 Å². The van der Waals surface area contributed by atoms with E-state index in [4.69, 9.17) is 20.6 Å². The molecule has 1 aromatic rings. The van der Waals surface area contributed by atoms with Gasteiger partial charge in [-0.05, 0) is 12.1 Å². The van der Waals surface area contributed by atoms with Crippen LogP contribution in [-0.2, 0) is 0 Å². The molecular formula is C12H12O4. The van der Waals surface area contributed by atoms with Gasteiger partial charge in [0.05, 0.1) is 14.2 Å². The average Bonchev–Trinajstić information content (AvgIpc) is 2.34. The van der Waals surface area contributed by atoms with E-state index in [1.165, 1.54) is 14.2 Å². The molecule has 0 saturated carbocycles. The Morgan fingerprint density at radius 2 is 2.00 bits per heavy atom. The Morgan fingerprint density at radius 3 is 2.50 bits per heavy atom. The zero-order valence-electron chi connectivity index (χ0n) is 9.15. The fourth-order valence-corrected chi connectivity index (χ4v) is 1.24. The lowest BCUT2D eigenvalue weighted by molar-refractivity contribution is 0.112. The molecule has 0 saturated heterocycles. The second-order valence-corrected chi connectivity index (χ2v) is 2.87. The van der Waals surface area contributed by atoms with Crippen LogP contribution in [0.15, 0.2) is 12.1 Å². The Morgan fingerprint density at radius 1 is 1.31 bits per heavy atom. The van der Waals surface area contributed by atoms with Gasteiger partial charge in [0, 0.05) is 5.56 Å². The van der Waals surface area contributed by atoms with E-state index < -0.39 is 0 Å². The van der Waals surface area contributed by atoms with Crippen molar-refractivity contribution in [3.63, 3.8) is 0 Å². The van der Waals surface area contributed by atoms with Gasteiger partial charge in [0.1, 0.15) is 12.9 Å². The van der Waals surface area contributed by atoms with E-state index in [2.05, 4.69) is 5.92 Å². The minimum atomic E-state index is 0.0990. The van der Waals surface area contributed by atoms with Gasteiger partial charge >= 0.3 is 0 Å². The molecule has 0 aliphatic rings. The predicted octanol–water partition coefficient (Wildman–Crippen LogP) is 1.53. The van der Waals surface area contributed by atoms with E-state index >= 15 is 0 Å². The SMILES string of the molecule is C#CCOc1cc(C=O)cc(OC)c1OC. The van der Waals surface area contributed by atoms with Crippen molar-refractivity contribution in [3.05, 3.63) is 17.7 Å². The van der Waals surface area contributed by atoms with Gasteiger partial charge in [-0.2, -0.15) is 0 Å². The highest BCUT2D eigenvalue weighted by Gasteiger charge is 2.13. The molecule has 4 nitrogen and oxygen atoms in total. The number of rotatable bonds is 5. The molecule has 0 aliphatic heterocycles. The van der Waals surface area contributed by atoms with Crippen molar-refractivity contribution in [3.8, 4) is 29.6 Å². The van der Waals surface area contributed by atoms with Crippen molar-refractivity contribution in [1.82, 2.24) is 0 Å². The molecule has 16 heavy (non-hydrogen) atoms. The van der Waals surface area contributed by atoms with Gasteiger partial charge in [0.2, 0.25) is 5.75 Å². The fourth-order valence-electron chi connectivity index (χ4n) is 1.24. The van der Waals surface area contributed by atoms with Crippen molar-refractivity contribution in [2.24, 2.45) is 0 Å². The van der Waals surface area contributed by atoms with Crippen LogP contribution in [0.4, 0.5) is 0 Å². The third kappa shape index (κ3) is 2.45. The Bertz CT molecular complexity index is 418. The molecule has 0 unspecified atom stereocenters. The zero-order valence-corrected chi connectivity index (χ0v) is 9.15. The van der Waals surface area contributed by atoms with Crippen molar-refractivity contribution < 1.29 is 19.0 Å². The molecule has 0 bridgehead atoms. The van der Waals surface area contributed by atoms with Crippen LogP contribution >= 0.6 is 0 Å². The lowest BCUT2D eigenvalue weighted by Gasteiger charge is -2.13. The number of hydrogen-bond acceptors (Lipinski definition) is 4. The van der Waals surface area contributed by atoms with E-state index in [-0.39, 0.29) is 6.61 Å². The van der Waals surface area contributed by atoms with Crippen LogP contribution in [0.3, 0.4) is 0 Å². The van der Waals surface area contributed by atoms with Gasteiger partial charge in [-0.15, -0.1) is 6.42 Å². The third-order valence-electron chi connectivity index (χ3n) is 1.91. The van der Waals surface area contributed by atoms with E-state index in [1.807, 2.05) is 0 Å². The normalized spacial score (nSPS) is 9.06. The maximum atomic E-state index is 10.7. The van der Waals surface area contributed by atoms with Crippen molar-refractivity contribution in [2.75, 3.05) is 20.8 Å². The fraction of sp³-hybridized carbons (Fsp3) is 0.250. The first-order valence-corrected chi connectivity index (χ1v) is 4.54. The zero-order chi connectivity index (χ0) is 12.0. The van der Waals surface area contributed by atoms with Crippen LogP contribution in [0, 0.1) is 12.3 Å². The van der Waals surface area contributed by atoms with Crippen molar-refractivity contribution in [2.45, 2.75) is 0 Å².